The van der Waals surface area contributed by atoms with Gasteiger partial charge < -0.3 is 15.4 Å². The predicted octanol–water partition coefficient (Wildman–Crippen LogP) is -0.262. The molecule has 0 saturated carbocycles. The molecular formula is C14H19N7O2. The Morgan fingerprint density at radius 3 is 3.17 bits per heavy atom. The zero-order valence-corrected chi connectivity index (χ0v) is 12.9. The number of carbonyl (C=O) groups is 1. The third kappa shape index (κ3) is 2.46. The van der Waals surface area contributed by atoms with Crippen molar-refractivity contribution in [1.29, 1.82) is 0 Å². The Bertz CT molecular complexity index is 737. The normalized spacial score (nSPS) is 23.4. The lowest BCUT2D eigenvalue weighted by Gasteiger charge is -2.41. The summed E-state index contributed by atoms with van der Waals surface area (Å²) in [6.45, 7) is 3.78. The van der Waals surface area contributed by atoms with Gasteiger partial charge in [0.05, 0.1) is 36.3 Å². The second-order valence-corrected chi connectivity index (χ2v) is 6.08. The molecule has 9 nitrogen and oxygen atoms in total. The fraction of sp³-hybridized carbons (Fsp3) is 0.571. The van der Waals surface area contributed by atoms with E-state index in [1.165, 1.54) is 0 Å². The summed E-state index contributed by atoms with van der Waals surface area (Å²) in [6.07, 6.45) is 2.60. The van der Waals surface area contributed by atoms with Gasteiger partial charge in [-0.15, -0.1) is 5.10 Å². The highest BCUT2D eigenvalue weighted by atomic mass is 16.5. The summed E-state index contributed by atoms with van der Waals surface area (Å²) in [7, 11) is 0. The first-order valence-corrected chi connectivity index (χ1v) is 7.70. The highest BCUT2D eigenvalue weighted by Crippen LogP contribution is 2.30. The molecular weight excluding hydrogens is 298 g/mol. The van der Waals surface area contributed by atoms with Crippen molar-refractivity contribution in [1.82, 2.24) is 29.7 Å². The molecule has 1 saturated heterocycles. The Morgan fingerprint density at radius 2 is 2.39 bits per heavy atom. The molecule has 2 aromatic rings. The Labute approximate surface area is 133 Å². The van der Waals surface area contributed by atoms with Crippen LogP contribution in [0.3, 0.4) is 0 Å². The van der Waals surface area contributed by atoms with Crippen molar-refractivity contribution in [3.63, 3.8) is 0 Å². The lowest BCUT2D eigenvalue weighted by Crippen LogP contribution is -2.50. The van der Waals surface area contributed by atoms with Crippen LogP contribution in [0.2, 0.25) is 0 Å². The van der Waals surface area contributed by atoms with Crippen LogP contribution in [0.4, 0.5) is 5.82 Å². The lowest BCUT2D eigenvalue weighted by molar-refractivity contribution is -0.138. The molecule has 1 amide bonds. The largest absolute Gasteiger partial charge is 0.384 e. The number of aromatic nitrogens is 5. The maximum atomic E-state index is 12.6. The molecule has 0 spiro atoms. The maximum Gasteiger partial charge on any atom is 0.244 e. The van der Waals surface area contributed by atoms with Crippen LogP contribution in [-0.2, 0) is 22.7 Å². The number of hydrogen-bond acceptors (Lipinski definition) is 6. The molecule has 23 heavy (non-hydrogen) atoms. The molecule has 4 heterocycles. The number of ether oxygens (including phenoxy) is 1. The van der Waals surface area contributed by atoms with Gasteiger partial charge in [-0.2, -0.15) is 5.10 Å². The van der Waals surface area contributed by atoms with E-state index in [0.717, 1.165) is 17.8 Å². The van der Waals surface area contributed by atoms with Gasteiger partial charge in [0.2, 0.25) is 5.91 Å². The van der Waals surface area contributed by atoms with E-state index < -0.39 is 0 Å². The number of amides is 1. The van der Waals surface area contributed by atoms with Crippen molar-refractivity contribution >= 4 is 11.7 Å². The Balaban J connectivity index is 1.49. The summed E-state index contributed by atoms with van der Waals surface area (Å²) in [5.41, 5.74) is 7.62. The molecule has 2 aliphatic heterocycles. The topological polar surface area (TPSA) is 104 Å². The molecule has 0 aliphatic carbocycles. The number of aryl methyl sites for hydroxylation is 1. The fourth-order valence-corrected chi connectivity index (χ4v) is 3.33. The van der Waals surface area contributed by atoms with Gasteiger partial charge in [-0.1, -0.05) is 5.21 Å². The number of hydrogen-bond donors (Lipinski definition) is 1. The number of nitrogens with zero attached hydrogens (tertiary/aromatic N) is 6. The van der Waals surface area contributed by atoms with Gasteiger partial charge in [0.25, 0.3) is 0 Å². The van der Waals surface area contributed by atoms with Gasteiger partial charge >= 0.3 is 0 Å². The summed E-state index contributed by atoms with van der Waals surface area (Å²) in [5.74, 6) is 0.510. The minimum absolute atomic E-state index is 0.00508. The highest BCUT2D eigenvalue weighted by Gasteiger charge is 2.37. The van der Waals surface area contributed by atoms with Gasteiger partial charge in [-0.3, -0.25) is 4.79 Å². The number of nitrogens with two attached hydrogens (primary N) is 1. The smallest absolute Gasteiger partial charge is 0.244 e. The monoisotopic (exact) mass is 317 g/mol. The number of rotatable bonds is 2. The number of fused-ring (bicyclic) bond motifs is 3. The maximum absolute atomic E-state index is 12.6. The molecule has 2 aromatic heterocycles. The highest BCUT2D eigenvalue weighted by molar-refractivity contribution is 5.76. The van der Waals surface area contributed by atoms with E-state index in [0.29, 0.717) is 25.5 Å². The molecule has 2 atom stereocenters. The molecule has 9 heteroatoms. The zero-order chi connectivity index (χ0) is 16.0. The molecule has 122 valence electrons. The molecule has 2 aliphatic rings. The van der Waals surface area contributed by atoms with Crippen molar-refractivity contribution in [2.24, 2.45) is 0 Å². The van der Waals surface area contributed by atoms with Gasteiger partial charge in [0, 0.05) is 19.2 Å². The first-order chi connectivity index (χ1) is 11.1. The second-order valence-electron chi connectivity index (χ2n) is 6.08. The molecule has 0 aromatic carbocycles. The standard InChI is InChI=1S/C14H19N7O2/c1-9-4-13(15)20(17-9)7-14(22)19-3-2-12-11(6-19)21-10(8-23-12)5-16-18-21/h4-5,11-12H,2-3,6-8,15H2,1H3/t11-,12-/m0/s1. The Morgan fingerprint density at radius 1 is 1.52 bits per heavy atom. The van der Waals surface area contributed by atoms with Crippen molar-refractivity contribution in [3.05, 3.63) is 23.7 Å². The second kappa shape index (κ2) is 5.34. The zero-order valence-electron chi connectivity index (χ0n) is 12.9. The van der Waals surface area contributed by atoms with E-state index in [4.69, 9.17) is 10.5 Å². The summed E-state index contributed by atoms with van der Waals surface area (Å²) in [4.78, 5) is 14.4. The van der Waals surface area contributed by atoms with Crippen LogP contribution in [0.15, 0.2) is 12.3 Å². The van der Waals surface area contributed by atoms with Crippen LogP contribution in [0.1, 0.15) is 23.9 Å². The molecule has 0 bridgehead atoms. The number of piperidine rings is 1. The fourth-order valence-electron chi connectivity index (χ4n) is 3.33. The first-order valence-electron chi connectivity index (χ1n) is 7.70. The summed E-state index contributed by atoms with van der Waals surface area (Å²) in [6, 6.07) is 1.78. The van der Waals surface area contributed by atoms with Crippen molar-refractivity contribution in [3.8, 4) is 0 Å². The average molecular weight is 317 g/mol. The molecule has 4 rings (SSSR count). The molecule has 2 N–H and O–H groups in total. The van der Waals surface area contributed by atoms with Crippen LogP contribution in [0.5, 0.6) is 0 Å². The minimum Gasteiger partial charge on any atom is -0.384 e. The van der Waals surface area contributed by atoms with E-state index in [1.54, 1.807) is 16.9 Å². The average Bonchev–Trinajstić information content (AvgIpc) is 3.13. The summed E-state index contributed by atoms with van der Waals surface area (Å²) >= 11 is 0. The predicted molar refractivity (Wildman–Crippen MR) is 80.2 cm³/mol. The number of carbonyl (C=O) groups excluding carboxylic acids is 1. The Kier molecular flexibility index (Phi) is 3.29. The van der Waals surface area contributed by atoms with Crippen LogP contribution in [-0.4, -0.2) is 54.8 Å². The van der Waals surface area contributed by atoms with Crippen LogP contribution >= 0.6 is 0 Å². The number of likely N-dealkylation sites (tertiary alicyclic amines) is 1. The van der Waals surface area contributed by atoms with E-state index in [9.17, 15) is 4.79 Å². The first kappa shape index (κ1) is 14.2. The van der Waals surface area contributed by atoms with Gasteiger partial charge in [-0.25, -0.2) is 9.36 Å². The van der Waals surface area contributed by atoms with Crippen molar-refractivity contribution in [2.45, 2.75) is 38.6 Å². The number of anilines is 1. The van der Waals surface area contributed by atoms with Gasteiger partial charge in [0.1, 0.15) is 12.4 Å². The van der Waals surface area contributed by atoms with Crippen LogP contribution < -0.4 is 5.73 Å². The third-order valence-corrected chi connectivity index (χ3v) is 4.50. The SMILES string of the molecule is Cc1cc(N)n(CC(=O)N2CC[C@@H]3OCc4cnnn4[C@H]3C2)n1. The lowest BCUT2D eigenvalue weighted by atomic mass is 10.0. The van der Waals surface area contributed by atoms with E-state index in [1.807, 2.05) is 16.5 Å². The quantitative estimate of drug-likeness (QED) is 0.818. The molecule has 0 unspecified atom stereocenters. The third-order valence-electron chi connectivity index (χ3n) is 4.50. The summed E-state index contributed by atoms with van der Waals surface area (Å²) < 4.78 is 9.29. The van der Waals surface area contributed by atoms with E-state index in [-0.39, 0.29) is 24.6 Å². The van der Waals surface area contributed by atoms with Gasteiger partial charge in [-0.05, 0) is 13.3 Å². The van der Waals surface area contributed by atoms with Crippen molar-refractivity contribution in [2.75, 3.05) is 18.8 Å². The number of nitrogen functional groups attached to an aromatic ring is 1. The van der Waals surface area contributed by atoms with Crippen molar-refractivity contribution < 1.29 is 9.53 Å². The van der Waals surface area contributed by atoms with Crippen LogP contribution in [0.25, 0.3) is 0 Å². The Hall–Kier alpha value is -2.42. The molecule has 0 radical (unpaired) electrons. The van der Waals surface area contributed by atoms with E-state index in [2.05, 4.69) is 15.4 Å². The summed E-state index contributed by atoms with van der Waals surface area (Å²) in [5, 5.41) is 12.3. The van der Waals surface area contributed by atoms with Crippen LogP contribution in [0, 0.1) is 6.92 Å². The van der Waals surface area contributed by atoms with E-state index >= 15 is 0 Å². The minimum atomic E-state index is 0.00508. The van der Waals surface area contributed by atoms with Gasteiger partial charge in [0.15, 0.2) is 0 Å². The molecule has 1 fully saturated rings.